The molecule has 0 radical (unpaired) electrons. The molecule has 2 aliphatic carbocycles. The number of hydrogen-bond acceptors (Lipinski definition) is 8. The first-order chi connectivity index (χ1) is 22.6. The van der Waals surface area contributed by atoms with Gasteiger partial charge in [-0.15, -0.1) is 10.2 Å². The van der Waals surface area contributed by atoms with Crippen LogP contribution in [0, 0.1) is 11.3 Å². The molecule has 1 aromatic heterocycles. The number of aromatic nitrogens is 4. The molecule has 2 N–H and O–H groups in total. The van der Waals surface area contributed by atoms with Crippen molar-refractivity contribution in [2.24, 2.45) is 0 Å². The number of tetrazole rings is 1. The molecule has 1 saturated carbocycles. The maximum atomic E-state index is 13.5. The van der Waals surface area contributed by atoms with Crippen LogP contribution in [0.3, 0.4) is 0 Å². The Kier molecular flexibility index (Phi) is 8.85. The van der Waals surface area contributed by atoms with Crippen molar-refractivity contribution in [3.63, 3.8) is 0 Å². The summed E-state index contributed by atoms with van der Waals surface area (Å²) in [7, 11) is 6.98. The molecule has 0 spiro atoms. The van der Waals surface area contributed by atoms with Gasteiger partial charge in [-0.05, 0) is 91.5 Å². The molecule has 12 nitrogen and oxygen atoms in total. The Morgan fingerprint density at radius 1 is 0.957 bits per heavy atom. The normalized spacial score (nSPS) is 19.3. The van der Waals surface area contributed by atoms with Gasteiger partial charge < -0.3 is 20.0 Å². The van der Waals surface area contributed by atoms with Crippen molar-refractivity contribution in [3.8, 4) is 6.07 Å². The van der Waals surface area contributed by atoms with E-state index < -0.39 is 11.0 Å². The highest BCUT2D eigenvalue weighted by Gasteiger charge is 2.51. The molecule has 2 fully saturated rings. The molecular formula is C35H43N9O3. The molecule has 0 bridgehead atoms. The van der Waals surface area contributed by atoms with Gasteiger partial charge >= 0.3 is 0 Å². The fraction of sp³-hybridized carbons (Fsp3) is 0.514. The van der Waals surface area contributed by atoms with Crippen LogP contribution in [0.4, 0.5) is 0 Å². The number of rotatable bonds is 8. The summed E-state index contributed by atoms with van der Waals surface area (Å²) >= 11 is 0. The van der Waals surface area contributed by atoms with Crippen molar-refractivity contribution < 1.29 is 14.4 Å². The monoisotopic (exact) mass is 637 g/mol. The summed E-state index contributed by atoms with van der Waals surface area (Å²) in [6, 6.07) is 13.7. The van der Waals surface area contributed by atoms with E-state index in [1.807, 2.05) is 36.4 Å². The standard InChI is InChI=1S/C35H43N9O3/c1-42(2)31(46)25-11-13-28-23(18-25)9-10-24-19-26(32(47)43(3)4)12-14-29(24)35(28,33-38-40-41-39-33)22-34(15-5-6-16-34)37-21-30(45)44-17-7-8-27(44)20-36/h11-14,18-19,27,37H,5-10,15-17,21-22H2,1-4H3,(H,38,39,40,41)/t27-/m0/s1. The summed E-state index contributed by atoms with van der Waals surface area (Å²) < 4.78 is 0. The van der Waals surface area contributed by atoms with Gasteiger partial charge in [0, 0.05) is 51.4 Å². The molecule has 1 atom stereocenters. The second-order valence-corrected chi connectivity index (χ2v) is 13.7. The van der Waals surface area contributed by atoms with Gasteiger partial charge in [0.15, 0.2) is 5.82 Å². The number of nitrogens with zero attached hydrogens (tertiary/aromatic N) is 7. The Morgan fingerprint density at radius 3 is 2.06 bits per heavy atom. The highest BCUT2D eigenvalue weighted by Crippen LogP contribution is 2.51. The number of carbonyl (C=O) groups is 3. The zero-order chi connectivity index (χ0) is 33.3. The molecule has 246 valence electrons. The molecule has 47 heavy (non-hydrogen) atoms. The number of nitriles is 1. The van der Waals surface area contributed by atoms with E-state index in [0.717, 1.165) is 54.4 Å². The Labute approximate surface area is 275 Å². The topological polar surface area (TPSA) is 151 Å². The van der Waals surface area contributed by atoms with Crippen molar-refractivity contribution in [2.75, 3.05) is 41.3 Å². The van der Waals surface area contributed by atoms with Crippen molar-refractivity contribution >= 4 is 17.7 Å². The van der Waals surface area contributed by atoms with E-state index in [9.17, 15) is 19.6 Å². The fourth-order valence-electron chi connectivity index (χ4n) is 8.02. The van der Waals surface area contributed by atoms with Gasteiger partial charge in [0.1, 0.15) is 6.04 Å². The molecule has 6 rings (SSSR count). The Bertz CT molecular complexity index is 1630. The Balaban J connectivity index is 1.51. The number of likely N-dealkylation sites (tertiary alicyclic amines) is 1. The maximum absolute atomic E-state index is 13.5. The van der Waals surface area contributed by atoms with Crippen LogP contribution >= 0.6 is 0 Å². The fourth-order valence-corrected chi connectivity index (χ4v) is 8.02. The number of hydrogen-bond donors (Lipinski definition) is 2. The summed E-state index contributed by atoms with van der Waals surface area (Å²) in [5.74, 6) is 0.283. The van der Waals surface area contributed by atoms with Gasteiger partial charge in [0.25, 0.3) is 11.8 Å². The molecule has 3 amide bonds. The summed E-state index contributed by atoms with van der Waals surface area (Å²) in [6.07, 6.45) is 7.08. The van der Waals surface area contributed by atoms with Crippen LogP contribution in [0.25, 0.3) is 0 Å². The molecule has 1 saturated heterocycles. The number of nitrogens with one attached hydrogen (secondary N) is 2. The minimum atomic E-state index is -0.906. The van der Waals surface area contributed by atoms with Gasteiger partial charge in [-0.25, -0.2) is 0 Å². The highest BCUT2D eigenvalue weighted by atomic mass is 16.2. The zero-order valence-electron chi connectivity index (χ0n) is 27.7. The number of fused-ring (bicyclic) bond motifs is 2. The second-order valence-electron chi connectivity index (χ2n) is 13.7. The van der Waals surface area contributed by atoms with Crippen molar-refractivity contribution in [3.05, 3.63) is 75.6 Å². The van der Waals surface area contributed by atoms with E-state index in [1.54, 1.807) is 42.9 Å². The van der Waals surface area contributed by atoms with Crippen molar-refractivity contribution in [2.45, 2.75) is 74.8 Å². The lowest BCUT2D eigenvalue weighted by atomic mass is 9.64. The van der Waals surface area contributed by atoms with E-state index in [0.29, 0.717) is 49.2 Å². The third-order valence-electron chi connectivity index (χ3n) is 10.3. The molecule has 3 aromatic rings. The predicted molar refractivity (Wildman–Crippen MR) is 175 cm³/mol. The van der Waals surface area contributed by atoms with E-state index in [1.165, 1.54) is 0 Å². The number of carbonyl (C=O) groups excluding carboxylic acids is 3. The predicted octanol–water partition coefficient (Wildman–Crippen LogP) is 2.84. The van der Waals surface area contributed by atoms with Crippen LogP contribution in [-0.4, -0.2) is 106 Å². The summed E-state index contributed by atoms with van der Waals surface area (Å²) in [6.45, 7) is 0.730. The average Bonchev–Trinajstić information content (AvgIpc) is 3.86. The molecule has 2 aromatic carbocycles. The molecular weight excluding hydrogens is 594 g/mol. The quantitative estimate of drug-likeness (QED) is 0.383. The van der Waals surface area contributed by atoms with Crippen LogP contribution in [0.15, 0.2) is 36.4 Å². The van der Waals surface area contributed by atoms with Crippen LogP contribution < -0.4 is 5.32 Å². The summed E-state index contributed by atoms with van der Waals surface area (Å²) in [5.41, 5.74) is 3.84. The number of benzene rings is 2. The van der Waals surface area contributed by atoms with Crippen molar-refractivity contribution in [1.29, 1.82) is 5.26 Å². The lowest BCUT2D eigenvalue weighted by molar-refractivity contribution is -0.130. The van der Waals surface area contributed by atoms with Gasteiger partial charge in [0.05, 0.1) is 18.0 Å². The van der Waals surface area contributed by atoms with Crippen LogP contribution in [0.1, 0.15) is 93.7 Å². The first kappa shape index (κ1) is 32.3. The number of aromatic amines is 1. The largest absolute Gasteiger partial charge is 0.345 e. The van der Waals surface area contributed by atoms with Gasteiger partial charge in [-0.3, -0.25) is 14.4 Å². The summed E-state index contributed by atoms with van der Waals surface area (Å²) in [4.78, 5) is 44.6. The minimum Gasteiger partial charge on any atom is -0.345 e. The van der Waals surface area contributed by atoms with E-state index >= 15 is 0 Å². The zero-order valence-corrected chi connectivity index (χ0v) is 27.7. The first-order valence-electron chi connectivity index (χ1n) is 16.5. The second kappa shape index (κ2) is 12.9. The van der Waals surface area contributed by atoms with Crippen LogP contribution in [-0.2, 0) is 23.1 Å². The summed E-state index contributed by atoms with van der Waals surface area (Å²) in [5, 5.41) is 29.3. The van der Waals surface area contributed by atoms with E-state index in [4.69, 9.17) is 0 Å². The van der Waals surface area contributed by atoms with Crippen LogP contribution in [0.5, 0.6) is 0 Å². The third kappa shape index (κ3) is 5.89. The molecule has 0 unspecified atom stereocenters. The average molecular weight is 638 g/mol. The SMILES string of the molecule is CN(C)C(=O)c1ccc2c(c1)CCc1cc(C(=O)N(C)C)ccc1C2(CC1(NCC(=O)N2CCC[C@H]2C#N)CCCC1)c1nn[nH]n1. The first-order valence-corrected chi connectivity index (χ1v) is 16.5. The molecule has 12 heteroatoms. The van der Waals surface area contributed by atoms with Gasteiger partial charge in [-0.1, -0.05) is 30.2 Å². The minimum absolute atomic E-state index is 0.0608. The number of amides is 3. The maximum Gasteiger partial charge on any atom is 0.253 e. The highest BCUT2D eigenvalue weighted by molar-refractivity contribution is 5.95. The molecule has 2 heterocycles. The number of H-pyrrole nitrogens is 1. The number of aryl methyl sites for hydroxylation is 2. The van der Waals surface area contributed by atoms with E-state index in [2.05, 4.69) is 32.0 Å². The van der Waals surface area contributed by atoms with E-state index in [-0.39, 0.29) is 30.3 Å². The lowest BCUT2D eigenvalue weighted by Crippen LogP contribution is -2.53. The van der Waals surface area contributed by atoms with Crippen LogP contribution in [0.2, 0.25) is 0 Å². The lowest BCUT2D eigenvalue weighted by Gasteiger charge is -2.42. The molecule has 3 aliphatic rings. The van der Waals surface area contributed by atoms with Gasteiger partial charge in [-0.2, -0.15) is 10.5 Å². The van der Waals surface area contributed by atoms with Crippen molar-refractivity contribution in [1.82, 2.24) is 40.6 Å². The third-order valence-corrected chi connectivity index (χ3v) is 10.3. The Morgan fingerprint density at radius 2 is 1.55 bits per heavy atom. The Hall–Kier alpha value is -4.63. The smallest absolute Gasteiger partial charge is 0.253 e. The molecule has 1 aliphatic heterocycles. The van der Waals surface area contributed by atoms with Gasteiger partial charge in [0.2, 0.25) is 5.91 Å².